The van der Waals surface area contributed by atoms with Crippen molar-refractivity contribution in [3.05, 3.63) is 29.6 Å². The summed E-state index contributed by atoms with van der Waals surface area (Å²) in [5.74, 6) is 6.03. The van der Waals surface area contributed by atoms with E-state index in [0.29, 0.717) is 11.3 Å². The summed E-state index contributed by atoms with van der Waals surface area (Å²) in [6, 6.07) is 4.35. The second-order valence-corrected chi connectivity index (χ2v) is 4.06. The van der Waals surface area contributed by atoms with Gasteiger partial charge in [-0.05, 0) is 31.5 Å². The summed E-state index contributed by atoms with van der Waals surface area (Å²) in [6.07, 6.45) is 2.10. The van der Waals surface area contributed by atoms with Crippen LogP contribution in [-0.4, -0.2) is 12.0 Å². The molecule has 0 spiro atoms. The average Bonchev–Trinajstić information content (AvgIpc) is 2.30. The summed E-state index contributed by atoms with van der Waals surface area (Å²) in [4.78, 5) is 0. The average molecular weight is 255 g/mol. The summed E-state index contributed by atoms with van der Waals surface area (Å²) in [5.41, 5.74) is 0.550. The van der Waals surface area contributed by atoms with E-state index >= 15 is 0 Å². The Morgan fingerprint density at radius 2 is 2.24 bits per heavy atom. The molecule has 1 rings (SSSR count). The molecule has 0 heterocycles. The van der Waals surface area contributed by atoms with Gasteiger partial charge in [0.15, 0.2) is 0 Å². The van der Waals surface area contributed by atoms with E-state index in [1.165, 1.54) is 12.1 Å². The monoisotopic (exact) mass is 254 g/mol. The molecule has 1 unspecified atom stereocenters. The fourth-order valence-corrected chi connectivity index (χ4v) is 1.58. The molecule has 0 aliphatic carbocycles. The standard InChI is InChI=1S/C14H16ClFO/c1-3-5-11(2)17-14-8-7-13(16)10-12(14)6-4-9-15/h7-8,10-11H,3,5,9H2,1-2H3. The van der Waals surface area contributed by atoms with Crippen LogP contribution in [0.25, 0.3) is 0 Å². The van der Waals surface area contributed by atoms with Crippen LogP contribution in [0, 0.1) is 17.7 Å². The fraction of sp³-hybridized carbons (Fsp3) is 0.429. The van der Waals surface area contributed by atoms with Gasteiger partial charge < -0.3 is 4.74 Å². The van der Waals surface area contributed by atoms with Crippen molar-refractivity contribution < 1.29 is 9.13 Å². The van der Waals surface area contributed by atoms with E-state index in [4.69, 9.17) is 16.3 Å². The molecular formula is C14H16ClFO. The van der Waals surface area contributed by atoms with Gasteiger partial charge in [-0.3, -0.25) is 0 Å². The highest BCUT2D eigenvalue weighted by molar-refractivity contribution is 6.19. The quantitative estimate of drug-likeness (QED) is 0.583. The van der Waals surface area contributed by atoms with Crippen LogP contribution in [0.4, 0.5) is 4.39 Å². The smallest absolute Gasteiger partial charge is 0.135 e. The normalized spacial score (nSPS) is 11.5. The predicted molar refractivity (Wildman–Crippen MR) is 69.0 cm³/mol. The van der Waals surface area contributed by atoms with Crippen molar-refractivity contribution in [2.45, 2.75) is 32.8 Å². The highest BCUT2D eigenvalue weighted by Crippen LogP contribution is 2.21. The SMILES string of the molecule is CCCC(C)Oc1ccc(F)cc1C#CCCl. The van der Waals surface area contributed by atoms with Crippen LogP contribution in [-0.2, 0) is 0 Å². The Balaban J connectivity index is 2.89. The fourth-order valence-electron chi connectivity index (χ4n) is 1.51. The van der Waals surface area contributed by atoms with Crippen LogP contribution in [0.15, 0.2) is 18.2 Å². The minimum absolute atomic E-state index is 0.0991. The van der Waals surface area contributed by atoms with Crippen molar-refractivity contribution in [2.75, 3.05) is 5.88 Å². The van der Waals surface area contributed by atoms with Gasteiger partial charge in [0.25, 0.3) is 0 Å². The van der Waals surface area contributed by atoms with E-state index in [1.54, 1.807) is 6.07 Å². The summed E-state index contributed by atoms with van der Waals surface area (Å²) in [6.45, 7) is 4.09. The molecule has 0 radical (unpaired) electrons. The molecule has 0 aliphatic rings. The van der Waals surface area contributed by atoms with E-state index in [2.05, 4.69) is 18.8 Å². The first kappa shape index (κ1) is 13.9. The zero-order valence-corrected chi connectivity index (χ0v) is 10.9. The van der Waals surface area contributed by atoms with Crippen LogP contribution in [0.3, 0.4) is 0 Å². The number of halogens is 2. The van der Waals surface area contributed by atoms with E-state index in [9.17, 15) is 4.39 Å². The first-order valence-corrected chi connectivity index (χ1v) is 6.21. The van der Waals surface area contributed by atoms with Gasteiger partial charge in [0.05, 0.1) is 17.5 Å². The second-order valence-electron chi connectivity index (χ2n) is 3.79. The minimum atomic E-state index is -0.320. The number of rotatable bonds is 4. The lowest BCUT2D eigenvalue weighted by Gasteiger charge is -2.15. The van der Waals surface area contributed by atoms with Gasteiger partial charge in [0, 0.05) is 0 Å². The molecule has 0 fully saturated rings. The summed E-state index contributed by atoms with van der Waals surface area (Å²) >= 11 is 5.49. The molecule has 0 saturated carbocycles. The third-order valence-electron chi connectivity index (χ3n) is 2.25. The minimum Gasteiger partial charge on any atom is -0.489 e. The molecule has 0 amide bonds. The largest absolute Gasteiger partial charge is 0.489 e. The van der Waals surface area contributed by atoms with Crippen LogP contribution < -0.4 is 4.74 Å². The van der Waals surface area contributed by atoms with Gasteiger partial charge in [-0.2, -0.15) is 0 Å². The van der Waals surface area contributed by atoms with E-state index < -0.39 is 0 Å². The maximum atomic E-state index is 13.1. The molecule has 1 aromatic rings. The Morgan fingerprint density at radius 3 is 2.88 bits per heavy atom. The maximum Gasteiger partial charge on any atom is 0.135 e. The summed E-state index contributed by atoms with van der Waals surface area (Å²) in [5, 5.41) is 0. The van der Waals surface area contributed by atoms with Gasteiger partial charge >= 0.3 is 0 Å². The topological polar surface area (TPSA) is 9.23 Å². The Morgan fingerprint density at radius 1 is 1.47 bits per heavy atom. The first-order chi connectivity index (χ1) is 8.17. The molecule has 3 heteroatoms. The maximum absolute atomic E-state index is 13.1. The summed E-state index contributed by atoms with van der Waals surface area (Å²) < 4.78 is 18.8. The van der Waals surface area contributed by atoms with E-state index in [0.717, 1.165) is 12.8 Å². The number of alkyl halides is 1. The molecule has 0 aliphatic heterocycles. The van der Waals surface area contributed by atoms with Gasteiger partial charge in [-0.1, -0.05) is 25.2 Å². The van der Waals surface area contributed by atoms with Crippen molar-refractivity contribution in [1.82, 2.24) is 0 Å². The molecule has 0 saturated heterocycles. The Kier molecular flexibility index (Phi) is 5.86. The van der Waals surface area contributed by atoms with Crippen LogP contribution >= 0.6 is 11.6 Å². The number of hydrogen-bond acceptors (Lipinski definition) is 1. The predicted octanol–water partition coefficient (Wildman–Crippen LogP) is 3.98. The molecule has 1 aromatic carbocycles. The number of benzene rings is 1. The highest BCUT2D eigenvalue weighted by Gasteiger charge is 2.07. The molecule has 0 N–H and O–H groups in total. The number of hydrogen-bond donors (Lipinski definition) is 0. The molecule has 0 bridgehead atoms. The highest BCUT2D eigenvalue weighted by atomic mass is 35.5. The zero-order chi connectivity index (χ0) is 12.7. The van der Waals surface area contributed by atoms with Crippen LogP contribution in [0.1, 0.15) is 32.3 Å². The number of ether oxygens (including phenoxy) is 1. The second kappa shape index (κ2) is 7.19. The molecule has 0 aromatic heterocycles. The van der Waals surface area contributed by atoms with Crippen molar-refractivity contribution >= 4 is 11.6 Å². The zero-order valence-electron chi connectivity index (χ0n) is 10.1. The van der Waals surface area contributed by atoms with Gasteiger partial charge in [-0.15, -0.1) is 11.6 Å². The molecule has 1 nitrogen and oxygen atoms in total. The lowest BCUT2D eigenvalue weighted by Crippen LogP contribution is -2.11. The Bertz CT molecular complexity index is 420. The lowest BCUT2D eigenvalue weighted by atomic mass is 10.2. The Hall–Kier alpha value is -1.20. The van der Waals surface area contributed by atoms with Gasteiger partial charge in [0.2, 0.25) is 0 Å². The van der Waals surface area contributed by atoms with Crippen LogP contribution in [0.5, 0.6) is 5.75 Å². The van der Waals surface area contributed by atoms with Crippen molar-refractivity contribution in [3.63, 3.8) is 0 Å². The Labute approximate surface area is 107 Å². The van der Waals surface area contributed by atoms with E-state index in [-0.39, 0.29) is 17.8 Å². The lowest BCUT2D eigenvalue weighted by molar-refractivity contribution is 0.209. The van der Waals surface area contributed by atoms with Crippen molar-refractivity contribution in [3.8, 4) is 17.6 Å². The van der Waals surface area contributed by atoms with Gasteiger partial charge in [-0.25, -0.2) is 4.39 Å². The van der Waals surface area contributed by atoms with E-state index in [1.807, 2.05) is 6.92 Å². The molecular weight excluding hydrogens is 239 g/mol. The third-order valence-corrected chi connectivity index (χ3v) is 2.39. The summed E-state index contributed by atoms with van der Waals surface area (Å²) in [7, 11) is 0. The molecule has 1 atom stereocenters. The third kappa shape index (κ3) is 4.66. The van der Waals surface area contributed by atoms with Crippen LogP contribution in [0.2, 0.25) is 0 Å². The molecule has 17 heavy (non-hydrogen) atoms. The van der Waals surface area contributed by atoms with Crippen molar-refractivity contribution in [2.24, 2.45) is 0 Å². The van der Waals surface area contributed by atoms with Gasteiger partial charge in [0.1, 0.15) is 11.6 Å². The van der Waals surface area contributed by atoms with Crippen molar-refractivity contribution in [1.29, 1.82) is 0 Å². The first-order valence-electron chi connectivity index (χ1n) is 5.68. The molecule has 92 valence electrons.